The average Bonchev–Trinajstić information content (AvgIpc) is 2.79. The number of halogens is 1. The molecule has 0 amide bonds. The first-order valence-corrected chi connectivity index (χ1v) is 11.4. The largest absolute Gasteiger partial charge is 0.466 e. The van der Waals surface area contributed by atoms with E-state index in [4.69, 9.17) is 4.74 Å². The van der Waals surface area contributed by atoms with Gasteiger partial charge in [-0.3, -0.25) is 19.2 Å². The Morgan fingerprint density at radius 1 is 1.03 bits per heavy atom. The molecule has 3 aromatic rings. The molecule has 3 rings (SSSR count). The highest BCUT2D eigenvalue weighted by molar-refractivity contribution is 7.92. The van der Waals surface area contributed by atoms with E-state index in [2.05, 4.69) is 0 Å². The number of carbonyl (C=O) groups is 1. The Balaban J connectivity index is 2.00. The highest BCUT2D eigenvalue weighted by Gasteiger charge is 2.27. The SMILES string of the molecule is CCOC(=O)Cc1ccc(N(Cc2ccc(F)cc2)S(=O)(=O)c2cccc([N+](=O)[O-])c2)cc1. The second kappa shape index (κ2) is 10.2. The molecule has 0 radical (unpaired) electrons. The summed E-state index contributed by atoms with van der Waals surface area (Å²) in [4.78, 5) is 21.9. The number of hydrogen-bond donors (Lipinski definition) is 0. The smallest absolute Gasteiger partial charge is 0.310 e. The lowest BCUT2D eigenvalue weighted by atomic mass is 10.1. The van der Waals surface area contributed by atoms with E-state index in [-0.39, 0.29) is 35.8 Å². The summed E-state index contributed by atoms with van der Waals surface area (Å²) < 4.78 is 46.3. The van der Waals surface area contributed by atoms with Gasteiger partial charge in [-0.2, -0.15) is 0 Å². The third kappa shape index (κ3) is 5.92. The Morgan fingerprint density at radius 3 is 2.27 bits per heavy atom. The molecule has 172 valence electrons. The van der Waals surface area contributed by atoms with E-state index in [0.717, 1.165) is 10.4 Å². The molecule has 0 aliphatic carbocycles. The second-order valence-corrected chi connectivity index (χ2v) is 8.90. The highest BCUT2D eigenvalue weighted by atomic mass is 32.2. The van der Waals surface area contributed by atoms with Gasteiger partial charge in [0.2, 0.25) is 0 Å². The molecular formula is C23H21FN2O6S. The van der Waals surface area contributed by atoms with Gasteiger partial charge < -0.3 is 4.74 Å². The van der Waals surface area contributed by atoms with E-state index in [1.807, 2.05) is 0 Å². The third-order valence-electron chi connectivity index (χ3n) is 4.73. The van der Waals surface area contributed by atoms with Crippen LogP contribution in [0.3, 0.4) is 0 Å². The van der Waals surface area contributed by atoms with Crippen LogP contribution in [0, 0.1) is 15.9 Å². The first-order chi connectivity index (χ1) is 15.7. The molecule has 0 heterocycles. The van der Waals surface area contributed by atoms with Gasteiger partial charge in [-0.05, 0) is 48.4 Å². The number of rotatable bonds is 9. The van der Waals surface area contributed by atoms with Crippen LogP contribution in [0.1, 0.15) is 18.1 Å². The van der Waals surface area contributed by atoms with Crippen molar-refractivity contribution in [2.45, 2.75) is 24.8 Å². The molecule has 0 N–H and O–H groups in total. The van der Waals surface area contributed by atoms with Gasteiger partial charge in [0, 0.05) is 12.1 Å². The van der Waals surface area contributed by atoms with E-state index in [0.29, 0.717) is 11.1 Å². The Bertz CT molecular complexity index is 1240. The fourth-order valence-corrected chi connectivity index (χ4v) is 4.61. The zero-order valence-corrected chi connectivity index (χ0v) is 18.5. The van der Waals surface area contributed by atoms with E-state index in [1.165, 1.54) is 54.6 Å². The number of anilines is 1. The van der Waals surface area contributed by atoms with Crippen LogP contribution in [0.2, 0.25) is 0 Å². The van der Waals surface area contributed by atoms with Crippen LogP contribution in [-0.2, 0) is 32.5 Å². The molecule has 0 saturated carbocycles. The summed E-state index contributed by atoms with van der Waals surface area (Å²) in [6.07, 6.45) is 0.0315. The number of non-ortho nitro benzene ring substituents is 1. The van der Waals surface area contributed by atoms with Crippen molar-refractivity contribution in [2.24, 2.45) is 0 Å². The van der Waals surface area contributed by atoms with E-state index in [9.17, 15) is 27.7 Å². The van der Waals surface area contributed by atoms with Crippen molar-refractivity contribution in [1.29, 1.82) is 0 Å². The maximum atomic E-state index is 13.5. The molecular weight excluding hydrogens is 451 g/mol. The predicted molar refractivity (Wildman–Crippen MR) is 120 cm³/mol. The van der Waals surface area contributed by atoms with Crippen LogP contribution >= 0.6 is 0 Å². The van der Waals surface area contributed by atoms with Crippen molar-refractivity contribution in [3.63, 3.8) is 0 Å². The average molecular weight is 472 g/mol. The molecule has 0 aliphatic rings. The van der Waals surface area contributed by atoms with E-state index >= 15 is 0 Å². The predicted octanol–water partition coefficient (Wildman–Crippen LogP) is 4.24. The van der Waals surface area contributed by atoms with Crippen molar-refractivity contribution >= 4 is 27.4 Å². The van der Waals surface area contributed by atoms with E-state index in [1.54, 1.807) is 19.1 Å². The van der Waals surface area contributed by atoms with Crippen LogP contribution in [-0.4, -0.2) is 25.9 Å². The Morgan fingerprint density at radius 2 is 1.67 bits per heavy atom. The minimum Gasteiger partial charge on any atom is -0.466 e. The molecule has 0 aromatic heterocycles. The van der Waals surface area contributed by atoms with Gasteiger partial charge in [-0.25, -0.2) is 12.8 Å². The lowest BCUT2D eigenvalue weighted by Gasteiger charge is -2.25. The number of carbonyl (C=O) groups excluding carboxylic acids is 1. The maximum Gasteiger partial charge on any atom is 0.310 e. The summed E-state index contributed by atoms with van der Waals surface area (Å²) >= 11 is 0. The molecule has 0 aliphatic heterocycles. The quantitative estimate of drug-likeness (QED) is 0.262. The summed E-state index contributed by atoms with van der Waals surface area (Å²) in [7, 11) is -4.22. The van der Waals surface area contributed by atoms with E-state index < -0.39 is 26.7 Å². The Labute approximate surface area is 190 Å². The normalized spacial score (nSPS) is 11.1. The molecule has 0 atom stereocenters. The molecule has 0 fully saturated rings. The Kier molecular flexibility index (Phi) is 7.39. The van der Waals surface area contributed by atoms with Crippen LogP contribution in [0.15, 0.2) is 77.7 Å². The van der Waals surface area contributed by atoms with Crippen molar-refractivity contribution < 1.29 is 27.3 Å². The number of esters is 1. The number of nitro benzene ring substituents is 1. The lowest BCUT2D eigenvalue weighted by Crippen LogP contribution is -2.30. The number of ether oxygens (including phenoxy) is 1. The van der Waals surface area contributed by atoms with Crippen molar-refractivity contribution in [1.82, 2.24) is 0 Å². The van der Waals surface area contributed by atoms with Crippen molar-refractivity contribution in [3.05, 3.63) is 99.9 Å². The van der Waals surface area contributed by atoms with Crippen LogP contribution in [0.4, 0.5) is 15.8 Å². The Hall–Kier alpha value is -3.79. The van der Waals surface area contributed by atoms with Crippen LogP contribution in [0.25, 0.3) is 0 Å². The van der Waals surface area contributed by atoms with Gasteiger partial charge in [0.05, 0.1) is 35.1 Å². The lowest BCUT2D eigenvalue weighted by molar-refractivity contribution is -0.385. The van der Waals surface area contributed by atoms with Gasteiger partial charge in [0.25, 0.3) is 15.7 Å². The fourth-order valence-electron chi connectivity index (χ4n) is 3.11. The van der Waals surface area contributed by atoms with Crippen LogP contribution < -0.4 is 4.31 Å². The molecule has 0 saturated heterocycles. The van der Waals surface area contributed by atoms with Gasteiger partial charge in [-0.1, -0.05) is 30.3 Å². The van der Waals surface area contributed by atoms with Gasteiger partial charge in [0.15, 0.2) is 0 Å². The molecule has 0 spiro atoms. The van der Waals surface area contributed by atoms with Gasteiger partial charge in [0.1, 0.15) is 5.82 Å². The van der Waals surface area contributed by atoms with Crippen molar-refractivity contribution in [2.75, 3.05) is 10.9 Å². The maximum absolute atomic E-state index is 13.5. The zero-order valence-electron chi connectivity index (χ0n) is 17.7. The second-order valence-electron chi connectivity index (χ2n) is 7.04. The molecule has 10 heteroatoms. The minimum absolute atomic E-state index is 0.0315. The summed E-state index contributed by atoms with van der Waals surface area (Å²) in [5.41, 5.74) is 1.06. The minimum atomic E-state index is -4.22. The zero-order chi connectivity index (χ0) is 24.0. The molecule has 0 bridgehead atoms. The summed E-state index contributed by atoms with van der Waals surface area (Å²) in [6, 6.07) is 16.4. The van der Waals surface area contributed by atoms with Crippen molar-refractivity contribution in [3.8, 4) is 0 Å². The first kappa shape index (κ1) is 23.9. The third-order valence-corrected chi connectivity index (χ3v) is 6.50. The van der Waals surface area contributed by atoms with Gasteiger partial charge >= 0.3 is 5.97 Å². The molecule has 0 unspecified atom stereocenters. The molecule has 3 aromatic carbocycles. The van der Waals surface area contributed by atoms with Crippen LogP contribution in [0.5, 0.6) is 0 Å². The summed E-state index contributed by atoms with van der Waals surface area (Å²) in [6.45, 7) is 1.82. The topological polar surface area (TPSA) is 107 Å². The molecule has 8 nitrogen and oxygen atoms in total. The standard InChI is InChI=1S/C23H21FN2O6S/c1-2-32-23(27)14-17-8-12-20(13-9-17)25(16-18-6-10-19(24)11-7-18)33(30,31)22-5-3-4-21(15-22)26(28)29/h3-13,15H,2,14,16H2,1H3. The number of hydrogen-bond acceptors (Lipinski definition) is 6. The van der Waals surface area contributed by atoms with Gasteiger partial charge in [-0.15, -0.1) is 0 Å². The monoisotopic (exact) mass is 472 g/mol. The highest BCUT2D eigenvalue weighted by Crippen LogP contribution is 2.28. The number of sulfonamides is 1. The first-order valence-electron chi connectivity index (χ1n) is 9.97. The number of nitro groups is 1. The summed E-state index contributed by atoms with van der Waals surface area (Å²) in [5, 5.41) is 11.1. The summed E-state index contributed by atoms with van der Waals surface area (Å²) in [5.74, 6) is -0.868. The molecule has 33 heavy (non-hydrogen) atoms. The number of nitrogens with zero attached hydrogens (tertiary/aromatic N) is 2. The fraction of sp³-hybridized carbons (Fsp3) is 0.174. The number of benzene rings is 3.